The average molecular weight is 268 g/mol. The van der Waals surface area contributed by atoms with Gasteiger partial charge in [-0.1, -0.05) is 6.92 Å². The summed E-state index contributed by atoms with van der Waals surface area (Å²) in [5.74, 6) is 0.441. The number of carbonyl (C=O) groups excluding carboxylic acids is 1. The summed E-state index contributed by atoms with van der Waals surface area (Å²) >= 11 is 0. The Kier molecular flexibility index (Phi) is 5.22. The summed E-state index contributed by atoms with van der Waals surface area (Å²) in [6.45, 7) is 8.49. The zero-order valence-electron chi connectivity index (χ0n) is 12.4. The maximum absolute atomic E-state index is 12.5. The molecule has 2 fully saturated rings. The van der Waals surface area contributed by atoms with Crippen LogP contribution in [0.4, 0.5) is 0 Å². The van der Waals surface area contributed by atoms with E-state index in [1.165, 1.54) is 12.8 Å². The third-order valence-corrected chi connectivity index (χ3v) is 4.28. The first-order valence-electron chi connectivity index (χ1n) is 7.87. The number of hydrogen-bond donors (Lipinski definition) is 1. The van der Waals surface area contributed by atoms with Crippen LogP contribution in [0, 0.1) is 5.92 Å². The van der Waals surface area contributed by atoms with Gasteiger partial charge in [-0.25, -0.2) is 4.79 Å². The number of rotatable bonds is 8. The molecular formula is C15H28N2O2. The van der Waals surface area contributed by atoms with Crippen LogP contribution in [0.5, 0.6) is 0 Å². The van der Waals surface area contributed by atoms with Gasteiger partial charge in [-0.2, -0.15) is 0 Å². The molecule has 1 unspecified atom stereocenters. The molecule has 0 aromatic carbocycles. The highest BCUT2D eigenvalue weighted by Crippen LogP contribution is 2.41. The minimum Gasteiger partial charge on any atom is -0.465 e. The highest BCUT2D eigenvalue weighted by Gasteiger charge is 2.52. The highest BCUT2D eigenvalue weighted by molar-refractivity contribution is 5.82. The van der Waals surface area contributed by atoms with E-state index in [0.29, 0.717) is 12.5 Å². The molecule has 0 bridgehead atoms. The van der Waals surface area contributed by atoms with Crippen LogP contribution in [0.25, 0.3) is 0 Å². The Hall–Kier alpha value is -0.610. The summed E-state index contributed by atoms with van der Waals surface area (Å²) < 4.78 is 5.39. The fourth-order valence-electron chi connectivity index (χ4n) is 3.11. The SMILES string of the molecule is CCCNC(CN1CCCC1)(C(=O)OCC)C1CC1. The van der Waals surface area contributed by atoms with Crippen molar-refractivity contribution < 1.29 is 9.53 Å². The van der Waals surface area contributed by atoms with Crippen LogP contribution < -0.4 is 5.32 Å². The van der Waals surface area contributed by atoms with Gasteiger partial charge in [0.15, 0.2) is 0 Å². The Morgan fingerprint density at radius 2 is 2.00 bits per heavy atom. The van der Waals surface area contributed by atoms with Gasteiger partial charge in [0, 0.05) is 6.54 Å². The fourth-order valence-corrected chi connectivity index (χ4v) is 3.11. The van der Waals surface area contributed by atoms with Gasteiger partial charge in [-0.3, -0.25) is 0 Å². The maximum Gasteiger partial charge on any atom is 0.327 e. The van der Waals surface area contributed by atoms with Crippen molar-refractivity contribution in [3.63, 3.8) is 0 Å². The normalized spacial score (nSPS) is 23.3. The number of carbonyl (C=O) groups is 1. The molecule has 1 atom stereocenters. The van der Waals surface area contributed by atoms with Crippen LogP contribution in [-0.2, 0) is 9.53 Å². The predicted molar refractivity (Wildman–Crippen MR) is 76.1 cm³/mol. The summed E-state index contributed by atoms with van der Waals surface area (Å²) in [5.41, 5.74) is -0.448. The topological polar surface area (TPSA) is 41.6 Å². The number of hydrogen-bond acceptors (Lipinski definition) is 4. The first kappa shape index (κ1) is 14.8. The van der Waals surface area contributed by atoms with Crippen LogP contribution >= 0.6 is 0 Å². The second-order valence-electron chi connectivity index (χ2n) is 5.88. The Balaban J connectivity index is 2.09. The van der Waals surface area contributed by atoms with Crippen molar-refractivity contribution in [3.8, 4) is 0 Å². The number of nitrogens with zero attached hydrogens (tertiary/aromatic N) is 1. The molecule has 4 heteroatoms. The van der Waals surface area contributed by atoms with Crippen molar-refractivity contribution in [2.45, 2.75) is 51.5 Å². The molecule has 0 aromatic rings. The number of esters is 1. The molecule has 19 heavy (non-hydrogen) atoms. The zero-order valence-corrected chi connectivity index (χ0v) is 12.4. The minimum atomic E-state index is -0.448. The third-order valence-electron chi connectivity index (χ3n) is 4.28. The lowest BCUT2D eigenvalue weighted by molar-refractivity contribution is -0.153. The number of ether oxygens (including phenoxy) is 1. The van der Waals surface area contributed by atoms with E-state index in [4.69, 9.17) is 4.74 Å². The van der Waals surface area contributed by atoms with E-state index in [2.05, 4.69) is 17.1 Å². The van der Waals surface area contributed by atoms with Crippen molar-refractivity contribution in [1.82, 2.24) is 10.2 Å². The van der Waals surface area contributed by atoms with Gasteiger partial charge in [-0.05, 0) is 64.6 Å². The van der Waals surface area contributed by atoms with Crippen molar-refractivity contribution >= 4 is 5.97 Å². The van der Waals surface area contributed by atoms with E-state index in [0.717, 1.165) is 45.4 Å². The molecule has 110 valence electrons. The Morgan fingerprint density at radius 1 is 1.32 bits per heavy atom. The van der Waals surface area contributed by atoms with Crippen LogP contribution in [0.3, 0.4) is 0 Å². The van der Waals surface area contributed by atoms with Crippen molar-refractivity contribution in [3.05, 3.63) is 0 Å². The molecule has 1 aliphatic carbocycles. The Bertz CT molecular complexity index is 299. The summed E-state index contributed by atoms with van der Waals surface area (Å²) in [6.07, 6.45) is 5.88. The molecule has 1 heterocycles. The minimum absolute atomic E-state index is 0.0298. The Labute approximate surface area is 116 Å². The molecule has 4 nitrogen and oxygen atoms in total. The first-order valence-corrected chi connectivity index (χ1v) is 7.87. The third kappa shape index (κ3) is 3.48. The number of nitrogens with one attached hydrogen (secondary N) is 1. The van der Waals surface area contributed by atoms with Gasteiger partial charge in [0.05, 0.1) is 6.61 Å². The van der Waals surface area contributed by atoms with Gasteiger partial charge in [-0.15, -0.1) is 0 Å². The summed E-state index contributed by atoms with van der Waals surface area (Å²) in [7, 11) is 0. The van der Waals surface area contributed by atoms with E-state index >= 15 is 0 Å². The van der Waals surface area contributed by atoms with Crippen LogP contribution in [-0.4, -0.2) is 49.2 Å². The van der Waals surface area contributed by atoms with Crippen LogP contribution in [0.15, 0.2) is 0 Å². The van der Waals surface area contributed by atoms with Gasteiger partial charge in [0.2, 0.25) is 0 Å². The predicted octanol–water partition coefficient (Wildman–Crippen LogP) is 1.79. The molecule has 2 rings (SSSR count). The molecule has 1 aliphatic heterocycles. The van der Waals surface area contributed by atoms with E-state index in [1.54, 1.807) is 0 Å². The lowest BCUT2D eigenvalue weighted by Gasteiger charge is -2.36. The second kappa shape index (κ2) is 6.71. The monoisotopic (exact) mass is 268 g/mol. The van der Waals surface area contributed by atoms with Crippen LogP contribution in [0.2, 0.25) is 0 Å². The van der Waals surface area contributed by atoms with Gasteiger partial charge < -0.3 is 15.0 Å². The average Bonchev–Trinajstić information content (AvgIpc) is 3.14. The molecule has 1 N–H and O–H groups in total. The van der Waals surface area contributed by atoms with Gasteiger partial charge >= 0.3 is 5.97 Å². The standard InChI is InChI=1S/C15H28N2O2/c1-3-9-16-15(13-7-8-13,14(18)19-4-2)12-17-10-5-6-11-17/h13,16H,3-12H2,1-2H3. The van der Waals surface area contributed by atoms with Crippen molar-refractivity contribution in [2.75, 3.05) is 32.8 Å². The molecule has 1 saturated carbocycles. The Morgan fingerprint density at radius 3 is 2.53 bits per heavy atom. The lowest BCUT2D eigenvalue weighted by Crippen LogP contribution is -2.61. The highest BCUT2D eigenvalue weighted by atomic mass is 16.5. The summed E-state index contributed by atoms with van der Waals surface area (Å²) in [6, 6.07) is 0. The molecule has 0 radical (unpaired) electrons. The smallest absolute Gasteiger partial charge is 0.327 e. The number of likely N-dealkylation sites (tertiary alicyclic amines) is 1. The van der Waals surface area contributed by atoms with E-state index in [-0.39, 0.29) is 5.97 Å². The van der Waals surface area contributed by atoms with E-state index in [1.807, 2.05) is 6.92 Å². The van der Waals surface area contributed by atoms with E-state index in [9.17, 15) is 4.79 Å². The lowest BCUT2D eigenvalue weighted by atomic mass is 9.92. The second-order valence-corrected chi connectivity index (χ2v) is 5.88. The molecule has 0 aromatic heterocycles. The fraction of sp³-hybridized carbons (Fsp3) is 0.933. The van der Waals surface area contributed by atoms with Gasteiger partial charge in [0.25, 0.3) is 0 Å². The van der Waals surface area contributed by atoms with Crippen molar-refractivity contribution in [1.29, 1.82) is 0 Å². The molecular weight excluding hydrogens is 240 g/mol. The van der Waals surface area contributed by atoms with E-state index < -0.39 is 5.54 Å². The zero-order chi connectivity index (χ0) is 13.7. The summed E-state index contributed by atoms with van der Waals surface area (Å²) in [5, 5.41) is 3.54. The van der Waals surface area contributed by atoms with Crippen molar-refractivity contribution in [2.24, 2.45) is 5.92 Å². The summed E-state index contributed by atoms with van der Waals surface area (Å²) in [4.78, 5) is 15.0. The molecule has 2 aliphatic rings. The quantitative estimate of drug-likeness (QED) is 0.682. The van der Waals surface area contributed by atoms with Gasteiger partial charge in [0.1, 0.15) is 5.54 Å². The largest absolute Gasteiger partial charge is 0.465 e. The van der Waals surface area contributed by atoms with Crippen LogP contribution in [0.1, 0.15) is 46.0 Å². The molecule has 0 amide bonds. The first-order chi connectivity index (χ1) is 9.23. The molecule has 0 spiro atoms. The molecule has 1 saturated heterocycles. The maximum atomic E-state index is 12.5.